The molecule has 0 amide bonds. The van der Waals surface area contributed by atoms with Gasteiger partial charge in [0.05, 0.1) is 5.88 Å². The summed E-state index contributed by atoms with van der Waals surface area (Å²) in [5, 5.41) is 4.46. The van der Waals surface area contributed by atoms with Crippen LogP contribution in [0.3, 0.4) is 0 Å². The van der Waals surface area contributed by atoms with E-state index in [2.05, 4.69) is 22.0 Å². The van der Waals surface area contributed by atoms with Crippen LogP contribution in [0.15, 0.2) is 18.3 Å². The fourth-order valence-electron chi connectivity index (χ4n) is 1.67. The van der Waals surface area contributed by atoms with Gasteiger partial charge in [0.25, 0.3) is 0 Å². The van der Waals surface area contributed by atoms with Crippen molar-refractivity contribution in [3.63, 3.8) is 0 Å². The molecule has 90 valence electrons. The average Bonchev–Trinajstić information content (AvgIpc) is 2.81. The summed E-state index contributed by atoms with van der Waals surface area (Å²) in [6.07, 6.45) is 3.40. The first-order valence-electron chi connectivity index (χ1n) is 5.75. The summed E-state index contributed by atoms with van der Waals surface area (Å²) in [5.74, 6) is 2.97. The van der Waals surface area contributed by atoms with Crippen LogP contribution in [-0.4, -0.2) is 19.7 Å². The number of hydrogen-bond acceptors (Lipinski definition) is 3. The monoisotopic (exact) mass is 250 g/mol. The van der Waals surface area contributed by atoms with Crippen LogP contribution >= 0.6 is 11.6 Å². The fraction of sp³-hybridized carbons (Fsp3) is 0.417. The molecule has 0 unspecified atom stereocenters. The van der Waals surface area contributed by atoms with E-state index >= 15 is 0 Å². The van der Waals surface area contributed by atoms with Gasteiger partial charge in [0.2, 0.25) is 0 Å². The van der Waals surface area contributed by atoms with Crippen molar-refractivity contribution in [1.82, 2.24) is 19.7 Å². The first-order valence-corrected chi connectivity index (χ1v) is 6.28. The molecule has 0 saturated carbocycles. The Balaban J connectivity index is 2.54. The standard InChI is InChI=1S/C12H15ClN4/c1-3-10-15-11(4-2)17(16-10)12-9(8-13)6-5-7-14-12/h5-7H,3-4,8H2,1-2H3. The van der Waals surface area contributed by atoms with E-state index in [1.165, 1.54) is 0 Å². The number of alkyl halides is 1. The van der Waals surface area contributed by atoms with Crippen LogP contribution in [-0.2, 0) is 18.7 Å². The Labute approximate surface area is 106 Å². The largest absolute Gasteiger partial charge is 0.237 e. The van der Waals surface area contributed by atoms with E-state index in [0.717, 1.165) is 35.9 Å². The predicted octanol–water partition coefficient (Wildman–Crippen LogP) is 2.53. The summed E-state index contributed by atoms with van der Waals surface area (Å²) in [6, 6.07) is 3.84. The number of nitrogens with zero attached hydrogens (tertiary/aromatic N) is 4. The van der Waals surface area contributed by atoms with Gasteiger partial charge in [0.1, 0.15) is 5.82 Å². The van der Waals surface area contributed by atoms with Gasteiger partial charge in [-0.1, -0.05) is 19.9 Å². The van der Waals surface area contributed by atoms with Crippen molar-refractivity contribution >= 4 is 11.6 Å². The summed E-state index contributed by atoms with van der Waals surface area (Å²) < 4.78 is 1.80. The molecule has 0 aliphatic carbocycles. The van der Waals surface area contributed by atoms with Gasteiger partial charge in [-0.25, -0.2) is 9.97 Å². The van der Waals surface area contributed by atoms with E-state index < -0.39 is 0 Å². The third-order valence-electron chi connectivity index (χ3n) is 2.56. The molecular weight excluding hydrogens is 236 g/mol. The molecule has 2 aromatic heterocycles. The van der Waals surface area contributed by atoms with Crippen molar-refractivity contribution in [1.29, 1.82) is 0 Å². The molecule has 2 heterocycles. The van der Waals surface area contributed by atoms with Crippen LogP contribution in [0, 0.1) is 0 Å². The quantitative estimate of drug-likeness (QED) is 0.784. The van der Waals surface area contributed by atoms with Gasteiger partial charge in [0.15, 0.2) is 11.6 Å². The first kappa shape index (κ1) is 12.0. The van der Waals surface area contributed by atoms with Crippen LogP contribution in [0.25, 0.3) is 5.82 Å². The Morgan fingerprint density at radius 1 is 1.29 bits per heavy atom. The maximum Gasteiger partial charge on any atom is 0.159 e. The number of halogens is 1. The van der Waals surface area contributed by atoms with Crippen molar-refractivity contribution in [3.05, 3.63) is 35.5 Å². The van der Waals surface area contributed by atoms with Crippen molar-refractivity contribution in [3.8, 4) is 5.82 Å². The van der Waals surface area contributed by atoms with Gasteiger partial charge >= 0.3 is 0 Å². The first-order chi connectivity index (χ1) is 8.30. The Hall–Kier alpha value is -1.42. The minimum Gasteiger partial charge on any atom is -0.237 e. The number of aromatic nitrogens is 4. The van der Waals surface area contributed by atoms with E-state index in [1.54, 1.807) is 10.9 Å². The molecule has 0 aliphatic heterocycles. The molecular formula is C12H15ClN4. The Morgan fingerprint density at radius 2 is 2.12 bits per heavy atom. The highest BCUT2D eigenvalue weighted by molar-refractivity contribution is 6.17. The molecule has 0 aromatic carbocycles. The summed E-state index contributed by atoms with van der Waals surface area (Å²) in [4.78, 5) is 8.82. The summed E-state index contributed by atoms with van der Waals surface area (Å²) >= 11 is 5.92. The number of hydrogen-bond donors (Lipinski definition) is 0. The van der Waals surface area contributed by atoms with Crippen LogP contribution in [0.2, 0.25) is 0 Å². The molecule has 0 fully saturated rings. The van der Waals surface area contributed by atoms with Gasteiger partial charge < -0.3 is 0 Å². The highest BCUT2D eigenvalue weighted by atomic mass is 35.5. The van der Waals surface area contributed by atoms with Crippen LogP contribution in [0.4, 0.5) is 0 Å². The minimum absolute atomic E-state index is 0.424. The van der Waals surface area contributed by atoms with Crippen LogP contribution in [0.5, 0.6) is 0 Å². The maximum atomic E-state index is 5.92. The van der Waals surface area contributed by atoms with Crippen molar-refractivity contribution < 1.29 is 0 Å². The molecule has 4 nitrogen and oxygen atoms in total. The number of pyridine rings is 1. The van der Waals surface area contributed by atoms with Crippen LogP contribution < -0.4 is 0 Å². The van der Waals surface area contributed by atoms with E-state index in [4.69, 9.17) is 11.6 Å². The van der Waals surface area contributed by atoms with Crippen molar-refractivity contribution in [2.75, 3.05) is 0 Å². The zero-order valence-electron chi connectivity index (χ0n) is 10.0. The van der Waals surface area contributed by atoms with Crippen molar-refractivity contribution in [2.24, 2.45) is 0 Å². The van der Waals surface area contributed by atoms with Gasteiger partial charge in [-0.15, -0.1) is 16.7 Å². The highest BCUT2D eigenvalue weighted by Crippen LogP contribution is 2.15. The van der Waals surface area contributed by atoms with E-state index in [1.807, 2.05) is 19.1 Å². The minimum atomic E-state index is 0.424. The van der Waals surface area contributed by atoms with E-state index in [-0.39, 0.29) is 0 Å². The third kappa shape index (κ3) is 2.31. The number of rotatable bonds is 4. The SMILES string of the molecule is CCc1nc(CC)n(-c2ncccc2CCl)n1. The molecule has 17 heavy (non-hydrogen) atoms. The highest BCUT2D eigenvalue weighted by Gasteiger charge is 2.12. The molecule has 0 spiro atoms. The molecule has 2 rings (SSSR count). The average molecular weight is 251 g/mol. The van der Waals surface area contributed by atoms with Gasteiger partial charge in [-0.3, -0.25) is 0 Å². The summed E-state index contributed by atoms with van der Waals surface area (Å²) in [5.41, 5.74) is 0.969. The summed E-state index contributed by atoms with van der Waals surface area (Å²) in [6.45, 7) is 4.10. The molecule has 0 aliphatic rings. The third-order valence-corrected chi connectivity index (χ3v) is 2.85. The molecule has 0 bridgehead atoms. The zero-order valence-corrected chi connectivity index (χ0v) is 10.8. The molecule has 0 saturated heterocycles. The van der Waals surface area contributed by atoms with Gasteiger partial charge in [0, 0.05) is 24.6 Å². The lowest BCUT2D eigenvalue weighted by molar-refractivity contribution is 0.762. The van der Waals surface area contributed by atoms with Crippen LogP contribution in [0.1, 0.15) is 31.1 Å². The zero-order chi connectivity index (χ0) is 12.3. The second-order valence-corrected chi connectivity index (χ2v) is 3.95. The second-order valence-electron chi connectivity index (χ2n) is 3.68. The Bertz CT molecular complexity index is 507. The van der Waals surface area contributed by atoms with Crippen molar-refractivity contribution in [2.45, 2.75) is 32.6 Å². The lowest BCUT2D eigenvalue weighted by Crippen LogP contribution is -2.07. The molecule has 0 radical (unpaired) electrons. The lowest BCUT2D eigenvalue weighted by Gasteiger charge is -2.07. The molecule has 0 atom stereocenters. The Kier molecular flexibility index (Phi) is 3.74. The smallest absolute Gasteiger partial charge is 0.159 e. The predicted molar refractivity (Wildman–Crippen MR) is 67.5 cm³/mol. The molecule has 2 aromatic rings. The van der Waals surface area contributed by atoms with Gasteiger partial charge in [-0.2, -0.15) is 4.68 Å². The Morgan fingerprint density at radius 3 is 2.76 bits per heavy atom. The second kappa shape index (κ2) is 5.27. The summed E-state index contributed by atoms with van der Waals surface area (Å²) in [7, 11) is 0. The van der Waals surface area contributed by atoms with Gasteiger partial charge in [-0.05, 0) is 6.07 Å². The fourth-order valence-corrected chi connectivity index (χ4v) is 1.87. The normalized spacial score (nSPS) is 10.8. The maximum absolute atomic E-state index is 5.92. The molecule has 0 N–H and O–H groups in total. The van der Waals surface area contributed by atoms with E-state index in [9.17, 15) is 0 Å². The number of aryl methyl sites for hydroxylation is 2. The molecule has 5 heteroatoms. The topological polar surface area (TPSA) is 43.6 Å². The lowest BCUT2D eigenvalue weighted by atomic mass is 10.3. The van der Waals surface area contributed by atoms with E-state index in [0.29, 0.717) is 5.88 Å².